The Morgan fingerprint density at radius 1 is 1.25 bits per heavy atom. The molecule has 2 rings (SSSR count). The van der Waals surface area contributed by atoms with Gasteiger partial charge >= 0.3 is 6.18 Å². The first kappa shape index (κ1) is 17.5. The minimum Gasteiger partial charge on any atom is -0.484 e. The Bertz CT molecular complexity index is 718. The highest BCUT2D eigenvalue weighted by Gasteiger charge is 2.28. The van der Waals surface area contributed by atoms with Crippen LogP contribution in [0.4, 0.5) is 24.7 Å². The molecule has 0 bridgehead atoms. The van der Waals surface area contributed by atoms with E-state index in [-0.39, 0.29) is 11.4 Å². The first-order valence-corrected chi connectivity index (χ1v) is 6.90. The van der Waals surface area contributed by atoms with Crippen molar-refractivity contribution in [1.29, 1.82) is 0 Å². The molecule has 2 N–H and O–H groups in total. The number of aromatic nitrogens is 2. The number of carbonyl (C=O) groups is 1. The van der Waals surface area contributed by atoms with Gasteiger partial charge in [0.15, 0.2) is 6.61 Å². The molecule has 0 saturated carbocycles. The Labute approximate surface area is 136 Å². The highest BCUT2D eigenvalue weighted by Crippen LogP contribution is 2.24. The maximum absolute atomic E-state index is 12.2. The van der Waals surface area contributed by atoms with Gasteiger partial charge in [0.2, 0.25) is 0 Å². The highest BCUT2D eigenvalue weighted by atomic mass is 19.4. The predicted molar refractivity (Wildman–Crippen MR) is 82.3 cm³/mol. The van der Waals surface area contributed by atoms with Gasteiger partial charge in [-0.05, 0) is 30.7 Å². The van der Waals surface area contributed by atoms with E-state index in [0.29, 0.717) is 17.1 Å². The molecule has 1 aromatic heterocycles. The molecule has 2 aromatic rings. The van der Waals surface area contributed by atoms with E-state index in [4.69, 9.17) is 4.74 Å². The lowest BCUT2D eigenvalue weighted by Crippen LogP contribution is -2.19. The van der Waals surface area contributed by atoms with E-state index < -0.39 is 18.7 Å². The van der Waals surface area contributed by atoms with Crippen LogP contribution in [-0.2, 0) is 0 Å². The fourth-order valence-corrected chi connectivity index (χ4v) is 1.82. The van der Waals surface area contributed by atoms with Crippen molar-refractivity contribution < 1.29 is 22.7 Å². The molecule has 9 heteroatoms. The molecule has 0 saturated heterocycles. The summed E-state index contributed by atoms with van der Waals surface area (Å²) in [6.45, 7) is 0.218. The molecule has 24 heavy (non-hydrogen) atoms. The van der Waals surface area contributed by atoms with Crippen LogP contribution in [0.25, 0.3) is 0 Å². The second-order valence-corrected chi connectivity index (χ2v) is 4.88. The maximum atomic E-state index is 12.2. The van der Waals surface area contributed by atoms with Crippen LogP contribution in [0.15, 0.2) is 30.6 Å². The average molecular weight is 340 g/mol. The summed E-state index contributed by atoms with van der Waals surface area (Å²) >= 11 is 0. The number of carbonyl (C=O) groups excluding carboxylic acids is 1. The molecule has 1 amide bonds. The van der Waals surface area contributed by atoms with Crippen LogP contribution >= 0.6 is 0 Å². The van der Waals surface area contributed by atoms with E-state index in [1.54, 1.807) is 14.0 Å². The topological polar surface area (TPSA) is 76.1 Å². The van der Waals surface area contributed by atoms with Crippen LogP contribution in [0.1, 0.15) is 16.1 Å². The third-order valence-corrected chi connectivity index (χ3v) is 2.96. The van der Waals surface area contributed by atoms with Crippen molar-refractivity contribution >= 4 is 17.4 Å². The number of hydrogen-bond donors (Lipinski definition) is 2. The standard InChI is InChI=1S/C15H15F3N4O2/c1-9-5-10(3-4-12(9)24-8-15(16,17)18)22-14(23)11-6-21-13(19-2)7-20-11/h3-7H,8H2,1-2H3,(H,19,21)(H,22,23). The number of rotatable bonds is 5. The summed E-state index contributed by atoms with van der Waals surface area (Å²) in [6.07, 6.45) is -1.68. The third kappa shape index (κ3) is 4.83. The first-order valence-electron chi connectivity index (χ1n) is 6.90. The van der Waals surface area contributed by atoms with Gasteiger partial charge in [-0.3, -0.25) is 4.79 Å². The zero-order chi connectivity index (χ0) is 17.7. The van der Waals surface area contributed by atoms with Crippen LogP contribution in [-0.4, -0.2) is 35.7 Å². The molecule has 6 nitrogen and oxygen atoms in total. The number of nitrogens with zero attached hydrogens (tertiary/aromatic N) is 2. The van der Waals surface area contributed by atoms with Gasteiger partial charge in [0.25, 0.3) is 5.91 Å². The monoisotopic (exact) mass is 340 g/mol. The molecule has 0 spiro atoms. The summed E-state index contributed by atoms with van der Waals surface area (Å²) in [5, 5.41) is 5.38. The van der Waals surface area contributed by atoms with Crippen molar-refractivity contribution in [3.8, 4) is 5.75 Å². The lowest BCUT2D eigenvalue weighted by molar-refractivity contribution is -0.153. The van der Waals surface area contributed by atoms with Crippen LogP contribution in [0.5, 0.6) is 5.75 Å². The fraction of sp³-hybridized carbons (Fsp3) is 0.267. The molecule has 0 fully saturated rings. The highest BCUT2D eigenvalue weighted by molar-refractivity contribution is 6.02. The Morgan fingerprint density at radius 2 is 2.00 bits per heavy atom. The maximum Gasteiger partial charge on any atom is 0.422 e. The lowest BCUT2D eigenvalue weighted by Gasteiger charge is -2.12. The zero-order valence-electron chi connectivity index (χ0n) is 12.9. The van der Waals surface area contributed by atoms with Crippen molar-refractivity contribution in [1.82, 2.24) is 9.97 Å². The molecule has 128 valence electrons. The van der Waals surface area contributed by atoms with E-state index in [0.717, 1.165) is 0 Å². The molecule has 1 aromatic carbocycles. The predicted octanol–water partition coefficient (Wildman–Crippen LogP) is 3.02. The van der Waals surface area contributed by atoms with E-state index >= 15 is 0 Å². The number of alkyl halides is 3. The van der Waals surface area contributed by atoms with Gasteiger partial charge in [-0.15, -0.1) is 0 Å². The van der Waals surface area contributed by atoms with Gasteiger partial charge in [0, 0.05) is 12.7 Å². The Morgan fingerprint density at radius 3 is 2.54 bits per heavy atom. The summed E-state index contributed by atoms with van der Waals surface area (Å²) in [5.41, 5.74) is 0.995. The summed E-state index contributed by atoms with van der Waals surface area (Å²) in [4.78, 5) is 20.0. The van der Waals surface area contributed by atoms with Crippen LogP contribution < -0.4 is 15.4 Å². The molecular formula is C15H15F3N4O2. The van der Waals surface area contributed by atoms with Gasteiger partial charge in [0.1, 0.15) is 17.3 Å². The molecule has 0 atom stereocenters. The quantitative estimate of drug-likeness (QED) is 0.875. The zero-order valence-corrected chi connectivity index (χ0v) is 12.9. The van der Waals surface area contributed by atoms with E-state index in [1.807, 2.05) is 0 Å². The van der Waals surface area contributed by atoms with Gasteiger partial charge in [0.05, 0.1) is 12.4 Å². The second kappa shape index (κ2) is 7.16. The normalized spacial score (nSPS) is 11.0. The van der Waals surface area contributed by atoms with Gasteiger partial charge in [-0.25, -0.2) is 9.97 Å². The second-order valence-electron chi connectivity index (χ2n) is 4.88. The molecule has 0 aliphatic rings. The van der Waals surface area contributed by atoms with Crippen molar-refractivity contribution in [2.75, 3.05) is 24.3 Å². The van der Waals surface area contributed by atoms with Gasteiger partial charge < -0.3 is 15.4 Å². The average Bonchev–Trinajstić information content (AvgIpc) is 2.53. The number of nitrogens with one attached hydrogen (secondary N) is 2. The summed E-state index contributed by atoms with van der Waals surface area (Å²) in [6, 6.07) is 4.33. The number of anilines is 2. The minimum absolute atomic E-state index is 0.100. The first-order chi connectivity index (χ1) is 11.3. The number of aryl methyl sites for hydroxylation is 1. The molecular weight excluding hydrogens is 325 g/mol. The summed E-state index contributed by atoms with van der Waals surface area (Å²) in [7, 11) is 1.68. The smallest absolute Gasteiger partial charge is 0.422 e. The van der Waals surface area contributed by atoms with E-state index in [1.165, 1.54) is 30.6 Å². The molecule has 0 aliphatic carbocycles. The number of benzene rings is 1. The van der Waals surface area contributed by atoms with Gasteiger partial charge in [-0.2, -0.15) is 13.2 Å². The minimum atomic E-state index is -4.41. The van der Waals surface area contributed by atoms with Crippen LogP contribution in [0.3, 0.4) is 0 Å². The van der Waals surface area contributed by atoms with Crippen molar-refractivity contribution in [3.05, 3.63) is 41.9 Å². The molecule has 0 unspecified atom stereocenters. The van der Waals surface area contributed by atoms with Crippen molar-refractivity contribution in [2.24, 2.45) is 0 Å². The van der Waals surface area contributed by atoms with Crippen LogP contribution in [0, 0.1) is 6.92 Å². The number of ether oxygens (including phenoxy) is 1. The Kier molecular flexibility index (Phi) is 5.22. The van der Waals surface area contributed by atoms with Crippen LogP contribution in [0.2, 0.25) is 0 Å². The van der Waals surface area contributed by atoms with E-state index in [2.05, 4.69) is 20.6 Å². The number of halogens is 3. The SMILES string of the molecule is CNc1cnc(C(=O)Nc2ccc(OCC(F)(F)F)c(C)c2)cn1. The third-order valence-electron chi connectivity index (χ3n) is 2.96. The molecule has 1 heterocycles. The summed E-state index contributed by atoms with van der Waals surface area (Å²) in [5.74, 6) is 0.144. The number of amides is 1. The Balaban J connectivity index is 2.04. The Hall–Kier alpha value is -2.84. The molecule has 0 aliphatic heterocycles. The number of hydrogen-bond acceptors (Lipinski definition) is 5. The van der Waals surface area contributed by atoms with Crippen molar-refractivity contribution in [2.45, 2.75) is 13.1 Å². The lowest BCUT2D eigenvalue weighted by atomic mass is 10.2. The van der Waals surface area contributed by atoms with E-state index in [9.17, 15) is 18.0 Å². The van der Waals surface area contributed by atoms with Crippen molar-refractivity contribution in [3.63, 3.8) is 0 Å². The summed E-state index contributed by atoms with van der Waals surface area (Å²) < 4.78 is 41.2. The largest absolute Gasteiger partial charge is 0.484 e. The van der Waals surface area contributed by atoms with Gasteiger partial charge in [-0.1, -0.05) is 0 Å². The molecule has 0 radical (unpaired) electrons. The fourth-order valence-electron chi connectivity index (χ4n) is 1.82.